The number of rotatable bonds is 6. The highest BCUT2D eigenvalue weighted by molar-refractivity contribution is 9.10. The molecule has 1 rings (SSSR count). The quantitative estimate of drug-likeness (QED) is 0.816. The lowest BCUT2D eigenvalue weighted by atomic mass is 10.1. The zero-order valence-electron chi connectivity index (χ0n) is 9.97. The minimum absolute atomic E-state index is 0.751. The van der Waals surface area contributed by atoms with Gasteiger partial charge in [-0.25, -0.2) is 0 Å². The zero-order chi connectivity index (χ0) is 12.0. The molecule has 1 aromatic carbocycles. The largest absolute Gasteiger partial charge is 0.493 e. The van der Waals surface area contributed by atoms with E-state index in [1.807, 2.05) is 12.1 Å². The summed E-state index contributed by atoms with van der Waals surface area (Å²) in [5.41, 5.74) is 1.22. The number of hydrogen-bond acceptors (Lipinski definition) is 3. The summed E-state index contributed by atoms with van der Waals surface area (Å²) in [4.78, 5) is 0. The third-order valence-electron chi connectivity index (χ3n) is 2.37. The molecule has 0 fully saturated rings. The van der Waals surface area contributed by atoms with E-state index in [9.17, 15) is 0 Å². The van der Waals surface area contributed by atoms with Crippen molar-refractivity contribution in [2.75, 3.05) is 27.3 Å². The van der Waals surface area contributed by atoms with Crippen LogP contribution in [-0.4, -0.2) is 27.3 Å². The molecule has 1 N–H and O–H groups in total. The molecule has 0 aliphatic carbocycles. The van der Waals surface area contributed by atoms with E-state index in [0.29, 0.717) is 0 Å². The van der Waals surface area contributed by atoms with E-state index in [1.165, 1.54) is 5.56 Å². The van der Waals surface area contributed by atoms with Gasteiger partial charge in [-0.3, -0.25) is 0 Å². The lowest BCUT2D eigenvalue weighted by molar-refractivity contribution is 0.354. The van der Waals surface area contributed by atoms with Crippen LogP contribution in [0.1, 0.15) is 12.5 Å². The van der Waals surface area contributed by atoms with E-state index in [0.717, 1.165) is 35.5 Å². The SMILES string of the molecule is CCNCCc1cc(OC)c(OC)cc1Br. The van der Waals surface area contributed by atoms with Crippen molar-refractivity contribution in [3.8, 4) is 11.5 Å². The van der Waals surface area contributed by atoms with Crippen LogP contribution in [0.4, 0.5) is 0 Å². The van der Waals surface area contributed by atoms with Crippen molar-refractivity contribution >= 4 is 15.9 Å². The Morgan fingerprint density at radius 3 is 2.38 bits per heavy atom. The normalized spacial score (nSPS) is 10.2. The van der Waals surface area contributed by atoms with E-state index < -0.39 is 0 Å². The predicted molar refractivity (Wildman–Crippen MR) is 69.5 cm³/mol. The minimum Gasteiger partial charge on any atom is -0.493 e. The van der Waals surface area contributed by atoms with Crippen molar-refractivity contribution < 1.29 is 9.47 Å². The van der Waals surface area contributed by atoms with Crippen LogP contribution >= 0.6 is 15.9 Å². The molecule has 0 unspecified atom stereocenters. The van der Waals surface area contributed by atoms with Crippen LogP contribution in [0.25, 0.3) is 0 Å². The van der Waals surface area contributed by atoms with Crippen LogP contribution in [0.3, 0.4) is 0 Å². The Morgan fingerprint density at radius 2 is 1.81 bits per heavy atom. The molecule has 0 aromatic heterocycles. The summed E-state index contributed by atoms with van der Waals surface area (Å²) >= 11 is 3.54. The summed E-state index contributed by atoms with van der Waals surface area (Å²) in [6.45, 7) is 4.05. The maximum atomic E-state index is 5.27. The molecule has 0 atom stereocenters. The lowest BCUT2D eigenvalue weighted by Crippen LogP contribution is -2.16. The molecule has 16 heavy (non-hydrogen) atoms. The first-order valence-electron chi connectivity index (χ1n) is 5.34. The number of benzene rings is 1. The van der Waals surface area contributed by atoms with Gasteiger partial charge in [0, 0.05) is 4.47 Å². The second-order valence-electron chi connectivity index (χ2n) is 3.40. The molecule has 0 aliphatic heterocycles. The van der Waals surface area contributed by atoms with E-state index in [1.54, 1.807) is 14.2 Å². The van der Waals surface area contributed by atoms with Gasteiger partial charge in [-0.2, -0.15) is 0 Å². The molecule has 90 valence electrons. The Bertz CT molecular complexity index is 342. The fourth-order valence-electron chi connectivity index (χ4n) is 1.49. The molecule has 0 spiro atoms. The van der Waals surface area contributed by atoms with Gasteiger partial charge < -0.3 is 14.8 Å². The first-order valence-corrected chi connectivity index (χ1v) is 6.13. The average Bonchev–Trinajstić information content (AvgIpc) is 2.31. The standard InChI is InChI=1S/C12H18BrNO2/c1-4-14-6-5-9-7-11(15-2)12(16-3)8-10(9)13/h7-8,14H,4-6H2,1-3H3. The van der Waals surface area contributed by atoms with Crippen LogP contribution in [-0.2, 0) is 6.42 Å². The van der Waals surface area contributed by atoms with Gasteiger partial charge >= 0.3 is 0 Å². The Kier molecular flexibility index (Phi) is 5.63. The third kappa shape index (κ3) is 3.39. The van der Waals surface area contributed by atoms with Crippen LogP contribution < -0.4 is 14.8 Å². The van der Waals surface area contributed by atoms with Crippen molar-refractivity contribution in [3.63, 3.8) is 0 Å². The topological polar surface area (TPSA) is 30.5 Å². The molecule has 0 bridgehead atoms. The van der Waals surface area contributed by atoms with Crippen molar-refractivity contribution in [3.05, 3.63) is 22.2 Å². The molecule has 0 aliphatic rings. The number of halogens is 1. The summed E-state index contributed by atoms with van der Waals surface area (Å²) < 4.78 is 11.6. The summed E-state index contributed by atoms with van der Waals surface area (Å²) in [5.74, 6) is 1.53. The highest BCUT2D eigenvalue weighted by Gasteiger charge is 2.08. The fraction of sp³-hybridized carbons (Fsp3) is 0.500. The number of ether oxygens (including phenoxy) is 2. The molecule has 0 radical (unpaired) electrons. The summed E-state index contributed by atoms with van der Waals surface area (Å²) in [6, 6.07) is 3.96. The van der Waals surface area contributed by atoms with Crippen molar-refractivity contribution in [1.29, 1.82) is 0 Å². The zero-order valence-corrected chi connectivity index (χ0v) is 11.6. The smallest absolute Gasteiger partial charge is 0.161 e. The Labute approximate surface area is 105 Å². The summed E-state index contributed by atoms with van der Waals surface area (Å²) in [7, 11) is 3.29. The average molecular weight is 288 g/mol. The van der Waals surface area contributed by atoms with Gasteiger partial charge in [0.1, 0.15) is 0 Å². The first kappa shape index (κ1) is 13.3. The molecule has 0 heterocycles. The lowest BCUT2D eigenvalue weighted by Gasteiger charge is -2.12. The van der Waals surface area contributed by atoms with Crippen LogP contribution in [0, 0.1) is 0 Å². The van der Waals surface area contributed by atoms with Crippen LogP contribution in [0.2, 0.25) is 0 Å². The predicted octanol–water partition coefficient (Wildman–Crippen LogP) is 2.62. The molecule has 3 nitrogen and oxygen atoms in total. The Balaban J connectivity index is 2.84. The number of nitrogens with one attached hydrogen (secondary N) is 1. The maximum Gasteiger partial charge on any atom is 0.161 e. The monoisotopic (exact) mass is 287 g/mol. The minimum atomic E-state index is 0.751. The van der Waals surface area contributed by atoms with Gasteiger partial charge in [0.25, 0.3) is 0 Å². The van der Waals surface area contributed by atoms with E-state index >= 15 is 0 Å². The molecule has 1 aromatic rings. The second kappa shape index (κ2) is 6.76. The molecular weight excluding hydrogens is 270 g/mol. The van der Waals surface area contributed by atoms with Crippen LogP contribution in [0.15, 0.2) is 16.6 Å². The maximum absolute atomic E-state index is 5.27. The van der Waals surface area contributed by atoms with Gasteiger partial charge in [-0.05, 0) is 37.2 Å². The highest BCUT2D eigenvalue weighted by Crippen LogP contribution is 2.33. The molecule has 0 amide bonds. The second-order valence-corrected chi connectivity index (χ2v) is 4.26. The van der Waals surface area contributed by atoms with Crippen molar-refractivity contribution in [2.24, 2.45) is 0 Å². The summed E-state index contributed by atoms with van der Waals surface area (Å²) in [6.07, 6.45) is 0.967. The first-order chi connectivity index (χ1) is 7.72. The van der Waals surface area contributed by atoms with Gasteiger partial charge in [-0.15, -0.1) is 0 Å². The van der Waals surface area contributed by atoms with Gasteiger partial charge in [-0.1, -0.05) is 22.9 Å². The number of hydrogen-bond donors (Lipinski definition) is 1. The van der Waals surface area contributed by atoms with Crippen molar-refractivity contribution in [1.82, 2.24) is 5.32 Å². The fourth-order valence-corrected chi connectivity index (χ4v) is 2.01. The van der Waals surface area contributed by atoms with Gasteiger partial charge in [0.05, 0.1) is 14.2 Å². The van der Waals surface area contributed by atoms with E-state index in [-0.39, 0.29) is 0 Å². The van der Waals surface area contributed by atoms with Gasteiger partial charge in [0.15, 0.2) is 11.5 Å². The number of likely N-dealkylation sites (N-methyl/N-ethyl adjacent to an activating group) is 1. The van der Waals surface area contributed by atoms with Gasteiger partial charge in [0.2, 0.25) is 0 Å². The Hall–Kier alpha value is -0.740. The molecular formula is C12H18BrNO2. The Morgan fingerprint density at radius 1 is 1.19 bits per heavy atom. The molecule has 0 saturated heterocycles. The summed E-state index contributed by atoms with van der Waals surface area (Å²) in [5, 5.41) is 3.30. The number of methoxy groups -OCH3 is 2. The van der Waals surface area contributed by atoms with Crippen LogP contribution in [0.5, 0.6) is 11.5 Å². The third-order valence-corrected chi connectivity index (χ3v) is 3.11. The van der Waals surface area contributed by atoms with E-state index in [2.05, 4.69) is 28.2 Å². The molecule has 0 saturated carbocycles. The van der Waals surface area contributed by atoms with E-state index in [4.69, 9.17) is 9.47 Å². The highest BCUT2D eigenvalue weighted by atomic mass is 79.9. The molecule has 4 heteroatoms. The van der Waals surface area contributed by atoms with Crippen molar-refractivity contribution in [2.45, 2.75) is 13.3 Å².